The zero-order valence-corrected chi connectivity index (χ0v) is 13.6. The highest BCUT2D eigenvalue weighted by molar-refractivity contribution is 5.95. The molecule has 0 aliphatic carbocycles. The molecule has 0 radical (unpaired) electrons. The molecule has 0 aliphatic rings. The topological polar surface area (TPSA) is 127 Å². The van der Waals surface area contributed by atoms with Crippen molar-refractivity contribution in [2.45, 2.75) is 0 Å². The molecule has 0 aliphatic heterocycles. The van der Waals surface area contributed by atoms with Crippen molar-refractivity contribution in [1.29, 1.82) is 0 Å². The van der Waals surface area contributed by atoms with Crippen molar-refractivity contribution in [2.24, 2.45) is 0 Å². The van der Waals surface area contributed by atoms with Crippen LogP contribution in [0.2, 0.25) is 0 Å². The predicted molar refractivity (Wildman–Crippen MR) is 100 cm³/mol. The van der Waals surface area contributed by atoms with Gasteiger partial charge in [-0.15, -0.1) is 0 Å². The number of carboxylic acids is 2. The largest absolute Gasteiger partial charge is 0.478 e. The van der Waals surface area contributed by atoms with Gasteiger partial charge in [0.05, 0.1) is 22.5 Å². The molecule has 0 unspecified atom stereocenters. The number of nitrogen functional groups attached to an aromatic ring is 2. The molecular weight excluding hydrogens is 332 g/mol. The summed E-state index contributed by atoms with van der Waals surface area (Å²) in [6.07, 6.45) is 0. The Morgan fingerprint density at radius 1 is 0.577 bits per heavy atom. The van der Waals surface area contributed by atoms with Gasteiger partial charge in [0.25, 0.3) is 0 Å². The van der Waals surface area contributed by atoms with E-state index < -0.39 is 11.9 Å². The summed E-state index contributed by atoms with van der Waals surface area (Å²) in [5.41, 5.74) is 16.4. The number of anilines is 2. The number of nitrogens with two attached hydrogens (primary N) is 2. The lowest BCUT2D eigenvalue weighted by Crippen LogP contribution is -2.01. The van der Waals surface area contributed by atoms with Crippen LogP contribution in [0.1, 0.15) is 20.7 Å². The molecule has 3 rings (SSSR count). The van der Waals surface area contributed by atoms with Crippen molar-refractivity contribution in [3.05, 3.63) is 71.8 Å². The number of carbonyl (C=O) groups is 2. The van der Waals surface area contributed by atoms with Crippen molar-refractivity contribution >= 4 is 23.3 Å². The third kappa shape index (κ3) is 3.08. The average Bonchev–Trinajstić information content (AvgIpc) is 2.64. The normalized spacial score (nSPS) is 10.5. The van der Waals surface area contributed by atoms with Gasteiger partial charge in [-0.05, 0) is 35.4 Å². The Bertz CT molecular complexity index is 911. The molecule has 0 aromatic heterocycles. The Kier molecular flexibility index (Phi) is 4.33. The predicted octanol–water partition coefficient (Wildman–Crippen LogP) is 3.58. The van der Waals surface area contributed by atoms with Gasteiger partial charge in [-0.2, -0.15) is 0 Å². The SMILES string of the molecule is Nc1c(-c2ccc(C(=O)O)cc2)ccc(-c2ccc(C(=O)O)cc2)c1N. The van der Waals surface area contributed by atoms with Crippen LogP contribution in [0.15, 0.2) is 60.7 Å². The first-order chi connectivity index (χ1) is 12.4. The van der Waals surface area contributed by atoms with E-state index in [0.717, 1.165) is 11.1 Å². The molecule has 0 spiro atoms. The Morgan fingerprint density at radius 3 is 1.15 bits per heavy atom. The minimum Gasteiger partial charge on any atom is -0.478 e. The first-order valence-corrected chi connectivity index (χ1v) is 7.74. The van der Waals surface area contributed by atoms with Gasteiger partial charge >= 0.3 is 11.9 Å². The summed E-state index contributed by atoms with van der Waals surface area (Å²) in [6.45, 7) is 0. The second-order valence-corrected chi connectivity index (χ2v) is 5.75. The average molecular weight is 348 g/mol. The van der Waals surface area contributed by atoms with Crippen molar-refractivity contribution < 1.29 is 19.8 Å². The number of carboxylic acid groups (broad SMARTS) is 2. The molecule has 6 N–H and O–H groups in total. The van der Waals surface area contributed by atoms with Crippen LogP contribution in [0.3, 0.4) is 0 Å². The van der Waals surface area contributed by atoms with Gasteiger partial charge in [0.2, 0.25) is 0 Å². The molecule has 6 heteroatoms. The molecule has 130 valence electrons. The van der Waals surface area contributed by atoms with Crippen LogP contribution >= 0.6 is 0 Å². The quantitative estimate of drug-likeness (QED) is 0.534. The van der Waals surface area contributed by atoms with Crippen molar-refractivity contribution in [3.63, 3.8) is 0 Å². The molecule has 3 aromatic rings. The van der Waals surface area contributed by atoms with Gasteiger partial charge in [0.15, 0.2) is 0 Å². The molecule has 0 atom stereocenters. The van der Waals surface area contributed by atoms with Gasteiger partial charge in [0.1, 0.15) is 0 Å². The lowest BCUT2D eigenvalue weighted by atomic mass is 9.95. The monoisotopic (exact) mass is 348 g/mol. The van der Waals surface area contributed by atoms with Crippen LogP contribution < -0.4 is 11.5 Å². The molecule has 0 heterocycles. The van der Waals surface area contributed by atoms with E-state index in [9.17, 15) is 9.59 Å². The Balaban J connectivity index is 2.00. The highest BCUT2D eigenvalue weighted by Gasteiger charge is 2.13. The molecule has 0 saturated heterocycles. The van der Waals surface area contributed by atoms with E-state index in [4.69, 9.17) is 21.7 Å². The summed E-state index contributed by atoms with van der Waals surface area (Å²) >= 11 is 0. The molecule has 0 bridgehead atoms. The number of aromatic carboxylic acids is 2. The molecule has 26 heavy (non-hydrogen) atoms. The van der Waals surface area contributed by atoms with Crippen LogP contribution in [0.5, 0.6) is 0 Å². The molecule has 0 amide bonds. The fourth-order valence-electron chi connectivity index (χ4n) is 2.72. The van der Waals surface area contributed by atoms with Gasteiger partial charge in [-0.25, -0.2) is 9.59 Å². The summed E-state index contributed by atoms with van der Waals surface area (Å²) in [6, 6.07) is 16.3. The molecule has 6 nitrogen and oxygen atoms in total. The lowest BCUT2D eigenvalue weighted by molar-refractivity contribution is 0.0686. The number of hydrogen-bond acceptors (Lipinski definition) is 4. The maximum atomic E-state index is 11.0. The van der Waals surface area contributed by atoms with Crippen LogP contribution in [0.25, 0.3) is 22.3 Å². The minimum absolute atomic E-state index is 0.190. The number of rotatable bonds is 4. The van der Waals surface area contributed by atoms with E-state index in [-0.39, 0.29) is 11.1 Å². The van der Waals surface area contributed by atoms with E-state index >= 15 is 0 Å². The first-order valence-electron chi connectivity index (χ1n) is 7.74. The molecule has 3 aromatic carbocycles. The van der Waals surface area contributed by atoms with Crippen LogP contribution in [-0.4, -0.2) is 22.2 Å². The van der Waals surface area contributed by atoms with Gasteiger partial charge in [-0.3, -0.25) is 0 Å². The number of hydrogen-bond donors (Lipinski definition) is 4. The summed E-state index contributed by atoms with van der Waals surface area (Å²) in [5.74, 6) is -1.99. The highest BCUT2D eigenvalue weighted by atomic mass is 16.4. The molecule has 0 saturated carbocycles. The van der Waals surface area contributed by atoms with Gasteiger partial charge < -0.3 is 21.7 Å². The van der Waals surface area contributed by atoms with Gasteiger partial charge in [-0.1, -0.05) is 36.4 Å². The standard InChI is InChI=1S/C20H16N2O4/c21-17-15(11-1-5-13(6-2-11)19(23)24)9-10-16(18(17)22)12-3-7-14(8-4-12)20(25)26/h1-10H,21-22H2,(H,23,24)(H,25,26). The maximum absolute atomic E-state index is 11.0. The summed E-state index contributed by atoms with van der Waals surface area (Å²) in [5, 5.41) is 18.0. The van der Waals surface area contributed by atoms with E-state index in [2.05, 4.69) is 0 Å². The third-order valence-electron chi connectivity index (χ3n) is 4.17. The lowest BCUT2D eigenvalue weighted by Gasteiger charge is -2.14. The van der Waals surface area contributed by atoms with Crippen LogP contribution in [-0.2, 0) is 0 Å². The highest BCUT2D eigenvalue weighted by Crippen LogP contribution is 2.37. The van der Waals surface area contributed by atoms with Crippen molar-refractivity contribution in [1.82, 2.24) is 0 Å². The third-order valence-corrected chi connectivity index (χ3v) is 4.17. The van der Waals surface area contributed by atoms with E-state index in [1.165, 1.54) is 24.3 Å². The molecule has 0 fully saturated rings. The van der Waals surface area contributed by atoms with E-state index in [1.807, 2.05) is 12.1 Å². The zero-order valence-electron chi connectivity index (χ0n) is 13.6. The first kappa shape index (κ1) is 17.0. The second-order valence-electron chi connectivity index (χ2n) is 5.75. The Labute approximate surface area is 149 Å². The fourth-order valence-corrected chi connectivity index (χ4v) is 2.72. The fraction of sp³-hybridized carbons (Fsp3) is 0. The van der Waals surface area contributed by atoms with Gasteiger partial charge in [0, 0.05) is 11.1 Å². The summed E-state index contributed by atoms with van der Waals surface area (Å²) in [7, 11) is 0. The van der Waals surface area contributed by atoms with Crippen molar-refractivity contribution in [2.75, 3.05) is 11.5 Å². The van der Waals surface area contributed by atoms with Crippen molar-refractivity contribution in [3.8, 4) is 22.3 Å². The Hall–Kier alpha value is -3.80. The van der Waals surface area contributed by atoms with E-state index in [1.54, 1.807) is 24.3 Å². The number of benzene rings is 3. The second kappa shape index (κ2) is 6.60. The minimum atomic E-state index is -0.996. The summed E-state index contributed by atoms with van der Waals surface area (Å²) in [4.78, 5) is 21.9. The van der Waals surface area contributed by atoms with Crippen LogP contribution in [0.4, 0.5) is 11.4 Å². The van der Waals surface area contributed by atoms with Crippen LogP contribution in [0, 0.1) is 0 Å². The summed E-state index contributed by atoms with van der Waals surface area (Å²) < 4.78 is 0. The maximum Gasteiger partial charge on any atom is 0.335 e. The van der Waals surface area contributed by atoms with E-state index in [0.29, 0.717) is 22.5 Å². The molecular formula is C20H16N2O4. The smallest absolute Gasteiger partial charge is 0.335 e. The Morgan fingerprint density at radius 2 is 0.885 bits per heavy atom. The zero-order chi connectivity index (χ0) is 18.8.